The van der Waals surface area contributed by atoms with E-state index in [9.17, 15) is 4.79 Å². The Labute approximate surface area is 141 Å². The molecule has 0 unspecified atom stereocenters. The Hall–Kier alpha value is -2.82. The third-order valence-electron chi connectivity index (χ3n) is 4.21. The monoisotopic (exact) mass is 323 g/mol. The second-order valence-corrected chi connectivity index (χ2v) is 5.85. The lowest BCUT2D eigenvalue weighted by Gasteiger charge is -2.09. The van der Waals surface area contributed by atoms with E-state index >= 15 is 0 Å². The van der Waals surface area contributed by atoms with Gasteiger partial charge in [0, 0.05) is 24.8 Å². The van der Waals surface area contributed by atoms with Crippen LogP contribution in [0.5, 0.6) is 5.75 Å². The number of aryl methyl sites for hydroxylation is 2. The SMILES string of the molecule is Cc1nn(C)c(C)c1CNC(=O)COc1ccc2ccccc2c1. The van der Waals surface area contributed by atoms with Crippen molar-refractivity contribution in [3.8, 4) is 5.75 Å². The van der Waals surface area contributed by atoms with E-state index in [1.165, 1.54) is 0 Å². The number of nitrogens with one attached hydrogen (secondary N) is 1. The van der Waals surface area contributed by atoms with Crippen LogP contribution in [-0.4, -0.2) is 22.3 Å². The standard InChI is InChI=1S/C19H21N3O2/c1-13-18(14(2)22(3)21-13)11-20-19(23)12-24-17-9-8-15-6-4-5-7-16(15)10-17/h4-10H,11-12H2,1-3H3,(H,20,23). The van der Waals surface area contributed by atoms with Crippen molar-refractivity contribution in [2.45, 2.75) is 20.4 Å². The van der Waals surface area contributed by atoms with Gasteiger partial charge in [-0.15, -0.1) is 0 Å². The molecule has 3 aromatic rings. The van der Waals surface area contributed by atoms with Gasteiger partial charge in [-0.25, -0.2) is 0 Å². The number of benzene rings is 2. The molecule has 1 heterocycles. The third-order valence-corrected chi connectivity index (χ3v) is 4.21. The van der Waals surface area contributed by atoms with Crippen LogP contribution in [0.4, 0.5) is 0 Å². The number of hydrogen-bond donors (Lipinski definition) is 1. The van der Waals surface area contributed by atoms with Crippen LogP contribution in [0.1, 0.15) is 17.0 Å². The highest BCUT2D eigenvalue weighted by molar-refractivity contribution is 5.84. The number of nitrogens with zero attached hydrogens (tertiary/aromatic N) is 2. The van der Waals surface area contributed by atoms with Gasteiger partial charge in [-0.1, -0.05) is 30.3 Å². The number of rotatable bonds is 5. The largest absolute Gasteiger partial charge is 0.484 e. The minimum Gasteiger partial charge on any atom is -0.484 e. The van der Waals surface area contributed by atoms with Gasteiger partial charge in [0.1, 0.15) is 5.75 Å². The number of aromatic nitrogens is 2. The first-order chi connectivity index (χ1) is 11.5. The zero-order valence-electron chi connectivity index (χ0n) is 14.2. The average Bonchev–Trinajstić information content (AvgIpc) is 2.83. The molecule has 0 saturated carbocycles. The number of carbonyl (C=O) groups is 1. The van der Waals surface area contributed by atoms with E-state index in [1.807, 2.05) is 68.0 Å². The number of carbonyl (C=O) groups excluding carboxylic acids is 1. The van der Waals surface area contributed by atoms with Crippen molar-refractivity contribution in [1.29, 1.82) is 0 Å². The smallest absolute Gasteiger partial charge is 0.258 e. The summed E-state index contributed by atoms with van der Waals surface area (Å²) in [6.45, 7) is 4.40. The van der Waals surface area contributed by atoms with Crippen molar-refractivity contribution in [1.82, 2.24) is 15.1 Å². The summed E-state index contributed by atoms with van der Waals surface area (Å²) >= 11 is 0. The van der Waals surface area contributed by atoms with Gasteiger partial charge in [0.25, 0.3) is 5.91 Å². The number of ether oxygens (including phenoxy) is 1. The summed E-state index contributed by atoms with van der Waals surface area (Å²) in [6.07, 6.45) is 0. The minimum absolute atomic E-state index is 0.00328. The summed E-state index contributed by atoms with van der Waals surface area (Å²) in [7, 11) is 1.90. The maximum Gasteiger partial charge on any atom is 0.258 e. The predicted molar refractivity (Wildman–Crippen MR) is 94.0 cm³/mol. The molecule has 124 valence electrons. The van der Waals surface area contributed by atoms with E-state index in [0.29, 0.717) is 12.3 Å². The molecule has 3 rings (SSSR count). The second-order valence-electron chi connectivity index (χ2n) is 5.85. The zero-order valence-corrected chi connectivity index (χ0v) is 14.2. The number of fused-ring (bicyclic) bond motifs is 1. The minimum atomic E-state index is -0.147. The quantitative estimate of drug-likeness (QED) is 0.785. The molecule has 0 aliphatic carbocycles. The molecule has 5 heteroatoms. The molecule has 1 amide bonds. The highest BCUT2D eigenvalue weighted by atomic mass is 16.5. The Morgan fingerprint density at radius 3 is 2.62 bits per heavy atom. The first-order valence-corrected chi connectivity index (χ1v) is 7.92. The topological polar surface area (TPSA) is 56.2 Å². The summed E-state index contributed by atoms with van der Waals surface area (Å²) in [5.74, 6) is 0.545. The van der Waals surface area contributed by atoms with E-state index in [2.05, 4.69) is 10.4 Å². The summed E-state index contributed by atoms with van der Waals surface area (Å²) in [4.78, 5) is 12.0. The van der Waals surface area contributed by atoms with E-state index in [-0.39, 0.29) is 12.5 Å². The molecule has 5 nitrogen and oxygen atoms in total. The van der Waals surface area contributed by atoms with Gasteiger partial charge in [0.05, 0.1) is 5.69 Å². The predicted octanol–water partition coefficient (Wildman–Crippen LogP) is 2.89. The van der Waals surface area contributed by atoms with Gasteiger partial charge >= 0.3 is 0 Å². The Balaban J connectivity index is 1.56. The number of hydrogen-bond acceptors (Lipinski definition) is 3. The van der Waals surface area contributed by atoms with Crippen molar-refractivity contribution in [3.63, 3.8) is 0 Å². The van der Waals surface area contributed by atoms with Gasteiger partial charge in [0.2, 0.25) is 0 Å². The van der Waals surface area contributed by atoms with Gasteiger partial charge in [-0.2, -0.15) is 5.10 Å². The van der Waals surface area contributed by atoms with E-state index in [1.54, 1.807) is 0 Å². The average molecular weight is 323 g/mol. The van der Waals surface area contributed by atoms with Crippen molar-refractivity contribution in [3.05, 3.63) is 59.4 Å². The summed E-state index contributed by atoms with van der Waals surface area (Å²) in [6, 6.07) is 13.9. The molecule has 0 saturated heterocycles. The summed E-state index contributed by atoms with van der Waals surface area (Å²) in [5, 5.41) is 9.47. The van der Waals surface area contributed by atoms with Crippen LogP contribution in [-0.2, 0) is 18.4 Å². The van der Waals surface area contributed by atoms with Crippen LogP contribution in [0.15, 0.2) is 42.5 Å². The van der Waals surface area contributed by atoms with Gasteiger partial charge in [0.15, 0.2) is 6.61 Å². The van der Waals surface area contributed by atoms with Gasteiger partial charge in [-0.3, -0.25) is 9.48 Å². The molecule has 1 N–H and O–H groups in total. The Bertz CT molecular complexity index is 883. The first-order valence-electron chi connectivity index (χ1n) is 7.92. The maximum absolute atomic E-state index is 12.0. The molecular formula is C19H21N3O2. The normalized spacial score (nSPS) is 10.8. The van der Waals surface area contributed by atoms with Crippen LogP contribution in [0.3, 0.4) is 0 Å². The third kappa shape index (κ3) is 3.40. The molecule has 24 heavy (non-hydrogen) atoms. The molecule has 0 radical (unpaired) electrons. The van der Waals surface area contributed by atoms with Crippen LogP contribution in [0.25, 0.3) is 10.8 Å². The van der Waals surface area contributed by atoms with E-state index < -0.39 is 0 Å². The molecular weight excluding hydrogens is 302 g/mol. The highest BCUT2D eigenvalue weighted by Gasteiger charge is 2.11. The summed E-state index contributed by atoms with van der Waals surface area (Å²) in [5.41, 5.74) is 3.05. The maximum atomic E-state index is 12.0. The van der Waals surface area contributed by atoms with Crippen LogP contribution >= 0.6 is 0 Å². The van der Waals surface area contributed by atoms with E-state index in [4.69, 9.17) is 4.74 Å². The lowest BCUT2D eigenvalue weighted by Crippen LogP contribution is -2.28. The van der Waals surface area contributed by atoms with Gasteiger partial charge in [-0.05, 0) is 36.8 Å². The molecule has 2 aromatic carbocycles. The second kappa shape index (κ2) is 6.74. The fraction of sp³-hybridized carbons (Fsp3) is 0.263. The van der Waals surface area contributed by atoms with Crippen LogP contribution in [0, 0.1) is 13.8 Å². The lowest BCUT2D eigenvalue weighted by molar-refractivity contribution is -0.123. The molecule has 0 aliphatic rings. The molecule has 0 bridgehead atoms. The fourth-order valence-electron chi connectivity index (χ4n) is 2.72. The van der Waals surface area contributed by atoms with Crippen LogP contribution in [0.2, 0.25) is 0 Å². The van der Waals surface area contributed by atoms with Crippen molar-refractivity contribution < 1.29 is 9.53 Å². The van der Waals surface area contributed by atoms with Gasteiger partial charge < -0.3 is 10.1 Å². The molecule has 0 atom stereocenters. The van der Waals surface area contributed by atoms with Crippen molar-refractivity contribution >= 4 is 16.7 Å². The molecule has 0 spiro atoms. The summed E-state index contributed by atoms with van der Waals surface area (Å²) < 4.78 is 7.42. The number of amides is 1. The highest BCUT2D eigenvalue weighted by Crippen LogP contribution is 2.20. The molecule has 1 aromatic heterocycles. The Kier molecular flexibility index (Phi) is 4.51. The molecule has 0 fully saturated rings. The van der Waals surface area contributed by atoms with Crippen molar-refractivity contribution in [2.24, 2.45) is 7.05 Å². The first kappa shape index (κ1) is 16.1. The lowest BCUT2D eigenvalue weighted by atomic mass is 10.1. The fourth-order valence-corrected chi connectivity index (χ4v) is 2.72. The Morgan fingerprint density at radius 2 is 1.92 bits per heavy atom. The van der Waals surface area contributed by atoms with Crippen molar-refractivity contribution in [2.75, 3.05) is 6.61 Å². The zero-order chi connectivity index (χ0) is 17.1. The molecule has 0 aliphatic heterocycles. The van der Waals surface area contributed by atoms with E-state index in [0.717, 1.165) is 27.7 Å². The van der Waals surface area contributed by atoms with Crippen LogP contribution < -0.4 is 10.1 Å². The Morgan fingerprint density at radius 1 is 1.17 bits per heavy atom.